The molecule has 0 aromatic carbocycles. The van der Waals surface area contributed by atoms with Gasteiger partial charge in [0.05, 0.1) is 6.07 Å². The van der Waals surface area contributed by atoms with E-state index < -0.39 is 0 Å². The lowest BCUT2D eigenvalue weighted by molar-refractivity contribution is 0.500. The summed E-state index contributed by atoms with van der Waals surface area (Å²) in [4.78, 5) is 0. The van der Waals surface area contributed by atoms with Gasteiger partial charge in [0.2, 0.25) is 0 Å². The minimum Gasteiger partial charge on any atom is -0.316 e. The van der Waals surface area contributed by atoms with E-state index in [-0.39, 0.29) is 0 Å². The van der Waals surface area contributed by atoms with Gasteiger partial charge in [0.1, 0.15) is 0 Å². The summed E-state index contributed by atoms with van der Waals surface area (Å²) in [6, 6.07) is 2.18. The van der Waals surface area contributed by atoms with Crippen LogP contribution in [0.2, 0.25) is 0 Å². The Labute approximate surface area is 68.6 Å². The highest BCUT2D eigenvalue weighted by molar-refractivity contribution is 4.73. The lowest BCUT2D eigenvalue weighted by Gasteiger charge is -2.05. The van der Waals surface area contributed by atoms with Crippen molar-refractivity contribution in [3.8, 4) is 6.07 Å². The van der Waals surface area contributed by atoms with Crippen LogP contribution in [-0.4, -0.2) is 13.1 Å². The van der Waals surface area contributed by atoms with Crippen LogP contribution in [0, 0.1) is 17.2 Å². The van der Waals surface area contributed by atoms with Crippen LogP contribution >= 0.6 is 0 Å². The third-order valence-corrected chi connectivity index (χ3v) is 2.31. The summed E-state index contributed by atoms with van der Waals surface area (Å²) in [5, 5.41) is 11.6. The fraction of sp³-hybridized carbons (Fsp3) is 0.889. The first-order valence-electron chi connectivity index (χ1n) is 4.51. The highest BCUT2D eigenvalue weighted by Crippen LogP contribution is 2.15. The summed E-state index contributed by atoms with van der Waals surface area (Å²) in [5.74, 6) is 0.897. The van der Waals surface area contributed by atoms with E-state index in [9.17, 15) is 0 Å². The molecule has 1 heterocycles. The molecule has 0 aromatic heterocycles. The summed E-state index contributed by atoms with van der Waals surface area (Å²) in [6.07, 6.45) is 5.72. The molecule has 1 aliphatic rings. The van der Waals surface area contributed by atoms with E-state index in [4.69, 9.17) is 5.26 Å². The smallest absolute Gasteiger partial charge is 0.0621 e. The summed E-state index contributed by atoms with van der Waals surface area (Å²) in [6.45, 7) is 2.40. The van der Waals surface area contributed by atoms with E-state index in [1.807, 2.05) is 0 Å². The molecule has 0 bridgehead atoms. The van der Waals surface area contributed by atoms with Gasteiger partial charge in [-0.15, -0.1) is 0 Å². The predicted molar refractivity (Wildman–Crippen MR) is 45.1 cm³/mol. The van der Waals surface area contributed by atoms with Crippen LogP contribution in [0.1, 0.15) is 32.1 Å². The van der Waals surface area contributed by atoms with Crippen molar-refractivity contribution in [2.75, 3.05) is 13.1 Å². The highest BCUT2D eigenvalue weighted by Gasteiger charge is 2.12. The van der Waals surface area contributed by atoms with Crippen LogP contribution in [0.15, 0.2) is 0 Å². The van der Waals surface area contributed by atoms with Crippen molar-refractivity contribution >= 4 is 0 Å². The molecule has 2 heteroatoms. The van der Waals surface area contributed by atoms with Gasteiger partial charge in [-0.2, -0.15) is 5.26 Å². The van der Waals surface area contributed by atoms with Gasteiger partial charge in [-0.1, -0.05) is 6.42 Å². The van der Waals surface area contributed by atoms with E-state index in [1.54, 1.807) is 0 Å². The van der Waals surface area contributed by atoms with Gasteiger partial charge in [0.15, 0.2) is 0 Å². The molecule has 11 heavy (non-hydrogen) atoms. The molecule has 1 saturated heterocycles. The fourth-order valence-corrected chi connectivity index (χ4v) is 1.60. The molecule has 0 radical (unpaired) electrons. The van der Waals surface area contributed by atoms with Gasteiger partial charge in [-0.3, -0.25) is 0 Å². The Kier molecular flexibility index (Phi) is 4.00. The molecule has 0 amide bonds. The molecule has 1 atom stereocenters. The van der Waals surface area contributed by atoms with Crippen LogP contribution in [0.4, 0.5) is 0 Å². The molecule has 1 fully saturated rings. The highest BCUT2D eigenvalue weighted by atomic mass is 14.9. The lowest BCUT2D eigenvalue weighted by Crippen LogP contribution is -2.08. The van der Waals surface area contributed by atoms with Crippen LogP contribution in [0.25, 0.3) is 0 Å². The first-order valence-corrected chi connectivity index (χ1v) is 4.51. The Balaban J connectivity index is 1.90. The van der Waals surface area contributed by atoms with Gasteiger partial charge in [0, 0.05) is 6.42 Å². The van der Waals surface area contributed by atoms with Gasteiger partial charge >= 0.3 is 0 Å². The van der Waals surface area contributed by atoms with Gasteiger partial charge in [-0.05, 0) is 38.3 Å². The maximum absolute atomic E-state index is 8.30. The van der Waals surface area contributed by atoms with Crippen molar-refractivity contribution in [1.29, 1.82) is 5.26 Å². The Bertz CT molecular complexity index is 131. The van der Waals surface area contributed by atoms with Crippen molar-refractivity contribution in [2.45, 2.75) is 32.1 Å². The van der Waals surface area contributed by atoms with E-state index >= 15 is 0 Å². The first kappa shape index (κ1) is 8.55. The quantitative estimate of drug-likeness (QED) is 0.622. The summed E-state index contributed by atoms with van der Waals surface area (Å²) < 4.78 is 0. The molecule has 1 N–H and O–H groups in total. The van der Waals surface area contributed by atoms with E-state index in [0.717, 1.165) is 18.8 Å². The molecule has 2 nitrogen and oxygen atoms in total. The molecule has 62 valence electrons. The molecule has 1 rings (SSSR count). The molecule has 0 aliphatic carbocycles. The first-order chi connectivity index (χ1) is 5.43. The normalized spacial score (nSPS) is 23.4. The number of nitrogens with one attached hydrogen (secondary N) is 1. The van der Waals surface area contributed by atoms with Crippen molar-refractivity contribution in [2.24, 2.45) is 5.92 Å². The van der Waals surface area contributed by atoms with Crippen LogP contribution in [-0.2, 0) is 0 Å². The standard InChI is InChI=1S/C9H16N2/c10-6-3-1-2-4-9-5-7-11-8-9/h9,11H,1-5,7-8H2. The monoisotopic (exact) mass is 152 g/mol. The van der Waals surface area contributed by atoms with Crippen molar-refractivity contribution in [3.63, 3.8) is 0 Å². The number of hydrogen-bond acceptors (Lipinski definition) is 2. The van der Waals surface area contributed by atoms with Gasteiger partial charge in [-0.25, -0.2) is 0 Å². The molecular formula is C9H16N2. The van der Waals surface area contributed by atoms with E-state index in [1.165, 1.54) is 32.4 Å². The molecule has 0 aromatic rings. The minimum atomic E-state index is 0.736. The number of hydrogen-bond donors (Lipinski definition) is 1. The second-order valence-corrected chi connectivity index (χ2v) is 3.26. The average molecular weight is 152 g/mol. The van der Waals surface area contributed by atoms with Crippen LogP contribution in [0.3, 0.4) is 0 Å². The maximum Gasteiger partial charge on any atom is 0.0621 e. The third-order valence-electron chi connectivity index (χ3n) is 2.31. The molecule has 1 unspecified atom stereocenters. The number of unbranched alkanes of at least 4 members (excludes halogenated alkanes) is 2. The van der Waals surface area contributed by atoms with E-state index in [0.29, 0.717) is 0 Å². The SMILES string of the molecule is N#CCCCCC1CCNC1. The van der Waals surface area contributed by atoms with Crippen molar-refractivity contribution in [1.82, 2.24) is 5.32 Å². The Hall–Kier alpha value is -0.550. The number of rotatable bonds is 4. The molecule has 0 saturated carbocycles. The second-order valence-electron chi connectivity index (χ2n) is 3.26. The Morgan fingerprint density at radius 2 is 2.36 bits per heavy atom. The van der Waals surface area contributed by atoms with Gasteiger partial charge in [0.25, 0.3) is 0 Å². The number of nitrogens with zero attached hydrogens (tertiary/aromatic N) is 1. The molecule has 0 spiro atoms. The van der Waals surface area contributed by atoms with Crippen LogP contribution < -0.4 is 5.32 Å². The largest absolute Gasteiger partial charge is 0.316 e. The third kappa shape index (κ3) is 3.38. The van der Waals surface area contributed by atoms with Crippen molar-refractivity contribution < 1.29 is 0 Å². The van der Waals surface area contributed by atoms with Crippen molar-refractivity contribution in [3.05, 3.63) is 0 Å². The summed E-state index contributed by atoms with van der Waals surface area (Å²) >= 11 is 0. The maximum atomic E-state index is 8.30. The topological polar surface area (TPSA) is 35.8 Å². The zero-order chi connectivity index (χ0) is 7.94. The fourth-order valence-electron chi connectivity index (χ4n) is 1.60. The average Bonchev–Trinajstić information content (AvgIpc) is 2.50. The summed E-state index contributed by atoms with van der Waals surface area (Å²) in [7, 11) is 0. The Morgan fingerprint density at radius 1 is 1.45 bits per heavy atom. The zero-order valence-corrected chi connectivity index (χ0v) is 6.97. The second kappa shape index (κ2) is 5.15. The van der Waals surface area contributed by atoms with Gasteiger partial charge < -0.3 is 5.32 Å². The lowest BCUT2D eigenvalue weighted by atomic mass is 10.0. The Morgan fingerprint density at radius 3 is 3.00 bits per heavy atom. The molecule has 1 aliphatic heterocycles. The predicted octanol–water partition coefficient (Wildman–Crippen LogP) is 1.68. The minimum absolute atomic E-state index is 0.736. The number of nitriles is 1. The summed E-state index contributed by atoms with van der Waals surface area (Å²) in [5.41, 5.74) is 0. The zero-order valence-electron chi connectivity index (χ0n) is 6.97. The van der Waals surface area contributed by atoms with Crippen LogP contribution in [0.5, 0.6) is 0 Å². The molecular weight excluding hydrogens is 136 g/mol. The van der Waals surface area contributed by atoms with E-state index in [2.05, 4.69) is 11.4 Å².